The summed E-state index contributed by atoms with van der Waals surface area (Å²) < 4.78 is 0. The largest absolute Gasteiger partial charge is 0.367 e. The Hall–Kier alpha value is -0.720. The molecule has 1 aromatic carbocycles. The van der Waals surface area contributed by atoms with E-state index >= 15 is 0 Å². The number of benzene rings is 1. The molecule has 2 nitrogen and oxygen atoms in total. The molecule has 0 bridgehead atoms. The maximum atomic E-state index is 8.73. The number of nitrogens with zero attached hydrogens (tertiary/aromatic N) is 2. The minimum atomic E-state index is 0.560. The van der Waals surface area contributed by atoms with Gasteiger partial charge >= 0.3 is 0 Å². The molecule has 4 heteroatoms. The summed E-state index contributed by atoms with van der Waals surface area (Å²) in [7, 11) is 0. The van der Waals surface area contributed by atoms with Gasteiger partial charge in [-0.3, -0.25) is 0 Å². The minimum absolute atomic E-state index is 0.560. The lowest BCUT2D eigenvalue weighted by Gasteiger charge is -2.26. The first-order chi connectivity index (χ1) is 8.27. The lowest BCUT2D eigenvalue weighted by Crippen LogP contribution is -2.27. The first-order valence-electron chi connectivity index (χ1n) is 5.75. The van der Waals surface area contributed by atoms with Crippen LogP contribution in [-0.2, 0) is 5.33 Å². The summed E-state index contributed by atoms with van der Waals surface area (Å²) in [5, 5.41) is 10.3. The van der Waals surface area contributed by atoms with E-state index in [1.807, 2.05) is 12.1 Å². The SMILES string of the molecule is N#CCCN(c1cccc(Cl)c1CBr)C1CC1. The molecule has 0 radical (unpaired) electrons. The van der Waals surface area contributed by atoms with Crippen molar-refractivity contribution in [2.75, 3.05) is 11.4 Å². The van der Waals surface area contributed by atoms with E-state index in [4.69, 9.17) is 16.9 Å². The predicted octanol–water partition coefficient (Wildman–Crippen LogP) is 4.12. The highest BCUT2D eigenvalue weighted by atomic mass is 79.9. The van der Waals surface area contributed by atoms with Crippen molar-refractivity contribution >= 4 is 33.2 Å². The van der Waals surface area contributed by atoms with Gasteiger partial charge in [-0.2, -0.15) is 5.26 Å². The fourth-order valence-corrected chi connectivity index (χ4v) is 2.99. The fourth-order valence-electron chi connectivity index (χ4n) is 2.01. The summed E-state index contributed by atoms with van der Waals surface area (Å²) in [5.74, 6) is 0. The molecular weight excluding hydrogens is 300 g/mol. The third kappa shape index (κ3) is 2.94. The second-order valence-corrected chi connectivity index (χ2v) is 5.17. The van der Waals surface area contributed by atoms with E-state index in [0.29, 0.717) is 12.5 Å². The van der Waals surface area contributed by atoms with E-state index in [1.165, 1.54) is 18.5 Å². The Balaban J connectivity index is 2.28. The Kier molecular flexibility index (Phi) is 4.31. The van der Waals surface area contributed by atoms with Gasteiger partial charge in [0.1, 0.15) is 0 Å². The standard InChI is InChI=1S/C13H14BrClN2/c14-9-11-12(15)3-1-4-13(11)17(8-2-7-16)10-5-6-10/h1,3-4,10H,2,5-6,8-9H2. The molecule has 0 aromatic heterocycles. The lowest BCUT2D eigenvalue weighted by molar-refractivity contribution is 0.789. The van der Waals surface area contributed by atoms with Gasteiger partial charge in [-0.1, -0.05) is 33.6 Å². The summed E-state index contributed by atoms with van der Waals surface area (Å²) in [6.07, 6.45) is 3.00. The summed E-state index contributed by atoms with van der Waals surface area (Å²) in [5.41, 5.74) is 2.30. The average Bonchev–Trinajstić information content (AvgIpc) is 3.14. The van der Waals surface area contributed by atoms with Crippen molar-refractivity contribution in [1.29, 1.82) is 5.26 Å². The van der Waals surface area contributed by atoms with Crippen molar-refractivity contribution < 1.29 is 0 Å². The third-order valence-electron chi connectivity index (χ3n) is 2.99. The molecule has 0 heterocycles. The minimum Gasteiger partial charge on any atom is -0.367 e. The van der Waals surface area contributed by atoms with E-state index in [0.717, 1.165) is 22.5 Å². The summed E-state index contributed by atoms with van der Waals surface area (Å²) in [6, 6.07) is 8.80. The average molecular weight is 314 g/mol. The molecule has 2 rings (SSSR count). The van der Waals surface area contributed by atoms with Gasteiger partial charge < -0.3 is 4.90 Å². The van der Waals surface area contributed by atoms with Crippen molar-refractivity contribution in [2.45, 2.75) is 30.6 Å². The highest BCUT2D eigenvalue weighted by molar-refractivity contribution is 9.08. The Morgan fingerprint density at radius 3 is 2.82 bits per heavy atom. The molecule has 0 saturated heterocycles. The fraction of sp³-hybridized carbons (Fsp3) is 0.462. The van der Waals surface area contributed by atoms with Gasteiger partial charge in [-0.25, -0.2) is 0 Å². The quantitative estimate of drug-likeness (QED) is 0.765. The van der Waals surface area contributed by atoms with Crippen molar-refractivity contribution in [3.63, 3.8) is 0 Å². The number of hydrogen-bond acceptors (Lipinski definition) is 2. The van der Waals surface area contributed by atoms with E-state index < -0.39 is 0 Å². The molecule has 0 aliphatic heterocycles. The molecule has 0 atom stereocenters. The number of halogens is 2. The van der Waals surface area contributed by atoms with Crippen molar-refractivity contribution in [2.24, 2.45) is 0 Å². The summed E-state index contributed by atoms with van der Waals surface area (Å²) >= 11 is 9.70. The van der Waals surface area contributed by atoms with Gasteiger partial charge in [0, 0.05) is 34.2 Å². The highest BCUT2D eigenvalue weighted by Crippen LogP contribution is 2.36. The van der Waals surface area contributed by atoms with Crippen LogP contribution >= 0.6 is 27.5 Å². The van der Waals surface area contributed by atoms with E-state index in [2.05, 4.69) is 33.0 Å². The van der Waals surface area contributed by atoms with Crippen LogP contribution in [0.5, 0.6) is 0 Å². The lowest BCUT2D eigenvalue weighted by atomic mass is 10.1. The van der Waals surface area contributed by atoms with E-state index in [9.17, 15) is 0 Å². The monoisotopic (exact) mass is 312 g/mol. The molecular formula is C13H14BrClN2. The zero-order valence-corrected chi connectivity index (χ0v) is 11.8. The van der Waals surface area contributed by atoms with Gasteiger partial charge in [0.05, 0.1) is 12.5 Å². The van der Waals surface area contributed by atoms with Crippen LogP contribution in [0.4, 0.5) is 5.69 Å². The Labute approximate surface area is 115 Å². The molecule has 17 heavy (non-hydrogen) atoms. The molecule has 1 saturated carbocycles. The normalized spacial score (nSPS) is 14.4. The zero-order valence-electron chi connectivity index (χ0n) is 9.50. The predicted molar refractivity (Wildman–Crippen MR) is 74.7 cm³/mol. The van der Waals surface area contributed by atoms with Crippen LogP contribution < -0.4 is 4.90 Å². The molecule has 90 valence electrons. The maximum Gasteiger partial charge on any atom is 0.0640 e. The molecule has 1 aromatic rings. The van der Waals surface area contributed by atoms with E-state index in [-0.39, 0.29) is 0 Å². The Morgan fingerprint density at radius 2 is 2.24 bits per heavy atom. The van der Waals surface area contributed by atoms with Crippen LogP contribution in [0.15, 0.2) is 18.2 Å². The number of rotatable bonds is 5. The third-order valence-corrected chi connectivity index (χ3v) is 3.90. The molecule has 0 unspecified atom stereocenters. The van der Waals surface area contributed by atoms with Gasteiger partial charge in [0.15, 0.2) is 0 Å². The van der Waals surface area contributed by atoms with Gasteiger partial charge in [-0.15, -0.1) is 0 Å². The first kappa shape index (κ1) is 12.7. The van der Waals surface area contributed by atoms with Crippen LogP contribution in [0.1, 0.15) is 24.8 Å². The van der Waals surface area contributed by atoms with Crippen LogP contribution in [0.2, 0.25) is 5.02 Å². The number of hydrogen-bond donors (Lipinski definition) is 0. The Bertz CT molecular complexity index is 438. The molecule has 0 N–H and O–H groups in total. The number of nitriles is 1. The molecule has 1 aliphatic rings. The van der Waals surface area contributed by atoms with Crippen LogP contribution in [0.3, 0.4) is 0 Å². The highest BCUT2D eigenvalue weighted by Gasteiger charge is 2.30. The van der Waals surface area contributed by atoms with Crippen molar-refractivity contribution in [3.8, 4) is 6.07 Å². The molecule has 1 aliphatic carbocycles. The smallest absolute Gasteiger partial charge is 0.0640 e. The Morgan fingerprint density at radius 1 is 1.47 bits per heavy atom. The summed E-state index contributed by atoms with van der Waals surface area (Å²) in [6.45, 7) is 0.793. The van der Waals surface area contributed by atoms with Gasteiger partial charge in [-0.05, 0) is 25.0 Å². The first-order valence-corrected chi connectivity index (χ1v) is 7.24. The second kappa shape index (κ2) is 5.75. The molecule has 0 amide bonds. The van der Waals surface area contributed by atoms with E-state index in [1.54, 1.807) is 0 Å². The maximum absolute atomic E-state index is 8.73. The van der Waals surface area contributed by atoms with Crippen LogP contribution in [0.25, 0.3) is 0 Å². The second-order valence-electron chi connectivity index (χ2n) is 4.20. The topological polar surface area (TPSA) is 27.0 Å². The number of anilines is 1. The van der Waals surface area contributed by atoms with Crippen molar-refractivity contribution in [1.82, 2.24) is 0 Å². The van der Waals surface area contributed by atoms with Crippen molar-refractivity contribution in [3.05, 3.63) is 28.8 Å². The van der Waals surface area contributed by atoms with Crippen LogP contribution in [0, 0.1) is 11.3 Å². The van der Waals surface area contributed by atoms with Crippen LogP contribution in [-0.4, -0.2) is 12.6 Å². The summed E-state index contributed by atoms with van der Waals surface area (Å²) in [4.78, 5) is 2.33. The number of alkyl halides is 1. The zero-order chi connectivity index (χ0) is 12.3. The molecule has 1 fully saturated rings. The van der Waals surface area contributed by atoms with Gasteiger partial charge in [0.25, 0.3) is 0 Å². The van der Waals surface area contributed by atoms with Gasteiger partial charge in [0.2, 0.25) is 0 Å². The molecule has 0 spiro atoms.